The Morgan fingerprint density at radius 3 is 1.95 bits per heavy atom. The van der Waals surface area contributed by atoms with Crippen molar-refractivity contribution in [2.24, 2.45) is 0 Å². The van der Waals surface area contributed by atoms with Crippen LogP contribution in [0.4, 0.5) is 13.2 Å². The average molecular weight is 539 g/mol. The molecule has 202 valence electrons. The highest BCUT2D eigenvalue weighted by atomic mass is 19.4. The summed E-state index contributed by atoms with van der Waals surface area (Å²) < 4.78 is 48.5. The smallest absolute Gasteiger partial charge is 0.416 e. The number of aryl methyl sites for hydroxylation is 1. The molecule has 5 rings (SSSR count). The standard InChI is InChI=1S/C29H25F3N2O5/c1-18-15-20(27(37)38-2)5-12-24(18)26(36)34-14-13-28(34)16-33(17-28)25(35)19-3-8-22(9-4-19)39-23-10-6-21(7-11-23)29(30,31)32/h3-12,15H,13-14,16-17H2,1-2H3. The van der Waals surface area contributed by atoms with Crippen molar-refractivity contribution in [1.29, 1.82) is 0 Å². The summed E-state index contributed by atoms with van der Waals surface area (Å²) in [4.78, 5) is 41.5. The monoisotopic (exact) mass is 538 g/mol. The number of hydrogen-bond donors (Lipinski definition) is 0. The van der Waals surface area contributed by atoms with Crippen LogP contribution < -0.4 is 4.74 Å². The number of esters is 1. The first-order valence-electron chi connectivity index (χ1n) is 12.3. The second-order valence-corrected chi connectivity index (χ2v) is 9.76. The molecule has 1 spiro atoms. The van der Waals surface area contributed by atoms with Gasteiger partial charge in [0.05, 0.1) is 23.8 Å². The van der Waals surface area contributed by atoms with Gasteiger partial charge in [-0.05, 0) is 85.6 Å². The third kappa shape index (κ3) is 4.94. The van der Waals surface area contributed by atoms with Crippen LogP contribution in [0.25, 0.3) is 0 Å². The van der Waals surface area contributed by atoms with Crippen LogP contribution in [0, 0.1) is 6.92 Å². The third-order valence-electron chi connectivity index (χ3n) is 7.27. The maximum atomic E-state index is 13.2. The Labute approximate surface area is 222 Å². The number of rotatable bonds is 5. The van der Waals surface area contributed by atoms with Gasteiger partial charge in [0, 0.05) is 30.8 Å². The van der Waals surface area contributed by atoms with Crippen molar-refractivity contribution in [2.75, 3.05) is 26.7 Å². The zero-order chi connectivity index (χ0) is 27.9. The maximum Gasteiger partial charge on any atom is 0.416 e. The molecule has 3 aromatic rings. The molecular formula is C29H25F3N2O5. The molecule has 0 aromatic heterocycles. The van der Waals surface area contributed by atoms with E-state index in [1.807, 2.05) is 0 Å². The molecule has 0 atom stereocenters. The lowest BCUT2D eigenvalue weighted by atomic mass is 9.76. The molecule has 2 saturated heterocycles. The highest BCUT2D eigenvalue weighted by Gasteiger charge is 2.56. The highest BCUT2D eigenvalue weighted by Crippen LogP contribution is 2.41. The zero-order valence-corrected chi connectivity index (χ0v) is 21.2. The molecule has 0 unspecified atom stereocenters. The number of alkyl halides is 3. The molecule has 0 N–H and O–H groups in total. The number of likely N-dealkylation sites (tertiary alicyclic amines) is 2. The molecule has 3 aromatic carbocycles. The van der Waals surface area contributed by atoms with Crippen molar-refractivity contribution in [3.8, 4) is 11.5 Å². The lowest BCUT2D eigenvalue weighted by molar-refractivity contribution is -0.137. The van der Waals surface area contributed by atoms with E-state index < -0.39 is 23.2 Å². The second-order valence-electron chi connectivity index (χ2n) is 9.76. The normalized spacial score (nSPS) is 15.8. The highest BCUT2D eigenvalue weighted by molar-refractivity contribution is 5.99. The molecule has 0 radical (unpaired) electrons. The Hall–Kier alpha value is -4.34. The average Bonchev–Trinajstić information content (AvgIpc) is 2.87. The summed E-state index contributed by atoms with van der Waals surface area (Å²) in [5.74, 6) is -0.149. The Kier molecular flexibility index (Phi) is 6.57. The Morgan fingerprint density at radius 2 is 1.44 bits per heavy atom. The minimum atomic E-state index is -4.42. The van der Waals surface area contributed by atoms with E-state index in [2.05, 4.69) is 0 Å². The van der Waals surface area contributed by atoms with Crippen molar-refractivity contribution < 1.29 is 37.0 Å². The first kappa shape index (κ1) is 26.3. The van der Waals surface area contributed by atoms with Gasteiger partial charge in [-0.2, -0.15) is 13.2 Å². The van der Waals surface area contributed by atoms with Crippen LogP contribution in [0.5, 0.6) is 11.5 Å². The number of ether oxygens (including phenoxy) is 2. The quantitative estimate of drug-likeness (QED) is 0.411. The molecule has 0 aliphatic carbocycles. The van der Waals surface area contributed by atoms with Gasteiger partial charge >= 0.3 is 12.1 Å². The van der Waals surface area contributed by atoms with E-state index in [1.54, 1.807) is 59.2 Å². The summed E-state index contributed by atoms with van der Waals surface area (Å²) in [5, 5.41) is 0. The summed E-state index contributed by atoms with van der Waals surface area (Å²) >= 11 is 0. The lowest BCUT2D eigenvalue weighted by Crippen LogP contribution is -2.78. The van der Waals surface area contributed by atoms with Gasteiger partial charge in [0.15, 0.2) is 0 Å². The van der Waals surface area contributed by atoms with Gasteiger partial charge in [0.25, 0.3) is 11.8 Å². The SMILES string of the molecule is COC(=O)c1ccc(C(=O)N2CCC23CN(C(=O)c2ccc(Oc4ccc(C(F)(F)F)cc4)cc2)C3)c(C)c1. The van der Waals surface area contributed by atoms with Gasteiger partial charge in [0.1, 0.15) is 11.5 Å². The van der Waals surface area contributed by atoms with Crippen molar-refractivity contribution in [3.05, 3.63) is 94.5 Å². The van der Waals surface area contributed by atoms with Crippen molar-refractivity contribution in [1.82, 2.24) is 9.80 Å². The Balaban J connectivity index is 1.19. The molecule has 2 amide bonds. The number of halogens is 3. The van der Waals surface area contributed by atoms with Gasteiger partial charge < -0.3 is 19.3 Å². The number of hydrogen-bond acceptors (Lipinski definition) is 5. The Morgan fingerprint density at radius 1 is 0.846 bits per heavy atom. The van der Waals surface area contributed by atoms with Gasteiger partial charge in [-0.25, -0.2) is 4.79 Å². The number of benzene rings is 3. The van der Waals surface area contributed by atoms with Crippen molar-refractivity contribution in [2.45, 2.75) is 25.1 Å². The van der Waals surface area contributed by atoms with Gasteiger partial charge in [-0.1, -0.05) is 0 Å². The van der Waals surface area contributed by atoms with Crippen LogP contribution >= 0.6 is 0 Å². The third-order valence-corrected chi connectivity index (χ3v) is 7.27. The molecule has 2 aliphatic rings. The predicted molar refractivity (Wildman–Crippen MR) is 135 cm³/mol. The number of carbonyl (C=O) groups is 3. The topological polar surface area (TPSA) is 76.2 Å². The van der Waals surface area contributed by atoms with E-state index in [0.29, 0.717) is 47.6 Å². The van der Waals surface area contributed by atoms with E-state index in [4.69, 9.17) is 9.47 Å². The molecule has 2 fully saturated rings. The molecule has 2 heterocycles. The second kappa shape index (κ2) is 9.76. The summed E-state index contributed by atoms with van der Waals surface area (Å²) in [6.45, 7) is 3.20. The van der Waals surface area contributed by atoms with E-state index in [9.17, 15) is 27.6 Å². The van der Waals surface area contributed by atoms with Crippen LogP contribution in [0.3, 0.4) is 0 Å². The van der Waals surface area contributed by atoms with Crippen LogP contribution in [0.15, 0.2) is 66.7 Å². The molecule has 0 bridgehead atoms. The van der Waals surface area contributed by atoms with Crippen LogP contribution in [0.2, 0.25) is 0 Å². The number of carbonyl (C=O) groups excluding carboxylic acids is 3. The van der Waals surface area contributed by atoms with Crippen molar-refractivity contribution >= 4 is 17.8 Å². The number of methoxy groups -OCH3 is 1. The first-order chi connectivity index (χ1) is 18.5. The largest absolute Gasteiger partial charge is 0.465 e. The van der Waals surface area contributed by atoms with Gasteiger partial charge in [-0.3, -0.25) is 9.59 Å². The Bertz CT molecular complexity index is 1430. The summed E-state index contributed by atoms with van der Waals surface area (Å²) in [7, 11) is 1.30. The van der Waals surface area contributed by atoms with Crippen LogP contribution in [0.1, 0.15) is 48.6 Å². The minimum Gasteiger partial charge on any atom is -0.465 e. The van der Waals surface area contributed by atoms with Gasteiger partial charge in [-0.15, -0.1) is 0 Å². The first-order valence-corrected chi connectivity index (χ1v) is 12.3. The van der Waals surface area contributed by atoms with Gasteiger partial charge in [0.2, 0.25) is 0 Å². The summed E-state index contributed by atoms with van der Waals surface area (Å²) in [6.07, 6.45) is -3.63. The molecule has 2 aliphatic heterocycles. The number of amides is 2. The predicted octanol–water partition coefficient (Wildman–Crippen LogP) is 5.33. The van der Waals surface area contributed by atoms with Crippen LogP contribution in [-0.2, 0) is 10.9 Å². The minimum absolute atomic E-state index is 0.132. The maximum absolute atomic E-state index is 13.2. The van der Waals surface area contributed by atoms with E-state index >= 15 is 0 Å². The lowest BCUT2D eigenvalue weighted by Gasteiger charge is -2.62. The van der Waals surface area contributed by atoms with Crippen LogP contribution in [-0.4, -0.2) is 59.9 Å². The fourth-order valence-electron chi connectivity index (χ4n) is 4.98. The summed E-state index contributed by atoms with van der Waals surface area (Å²) in [5.41, 5.74) is 0.843. The van der Waals surface area contributed by atoms with E-state index in [1.165, 1.54) is 19.2 Å². The van der Waals surface area contributed by atoms with E-state index in [-0.39, 0.29) is 17.6 Å². The zero-order valence-electron chi connectivity index (χ0n) is 21.2. The number of nitrogens with zero attached hydrogens (tertiary/aromatic N) is 2. The van der Waals surface area contributed by atoms with Crippen molar-refractivity contribution in [3.63, 3.8) is 0 Å². The van der Waals surface area contributed by atoms with E-state index in [0.717, 1.165) is 18.6 Å². The molecule has 7 nitrogen and oxygen atoms in total. The molecule has 39 heavy (non-hydrogen) atoms. The summed E-state index contributed by atoms with van der Waals surface area (Å²) in [6, 6.07) is 15.6. The molecule has 0 saturated carbocycles. The fraction of sp³-hybridized carbons (Fsp3) is 0.276. The fourth-order valence-corrected chi connectivity index (χ4v) is 4.98. The molecular weight excluding hydrogens is 513 g/mol. The molecule has 10 heteroatoms.